The topological polar surface area (TPSA) is 60.6 Å². The molecule has 0 saturated heterocycles. The van der Waals surface area contributed by atoms with Gasteiger partial charge in [-0.1, -0.05) is 34.4 Å². The molecule has 0 amide bonds. The maximum atomic E-state index is 6.07. The summed E-state index contributed by atoms with van der Waals surface area (Å²) >= 11 is 12.0. The average Bonchev–Trinajstić information content (AvgIpc) is 3.12. The zero-order valence-electron chi connectivity index (χ0n) is 15.2. The van der Waals surface area contributed by atoms with Gasteiger partial charge in [0.25, 0.3) is 0 Å². The van der Waals surface area contributed by atoms with E-state index < -0.39 is 0 Å². The fourth-order valence-electron chi connectivity index (χ4n) is 2.65. The zero-order chi connectivity index (χ0) is 19.4. The number of halogens is 2. The smallest absolute Gasteiger partial charge is 0.241 e. The second-order valence-electron chi connectivity index (χ2n) is 6.00. The molecular weight excluding hydrogens is 389 g/mol. The van der Waals surface area contributed by atoms with Crippen molar-refractivity contribution in [2.45, 2.75) is 13.1 Å². The number of hydrogen-bond donors (Lipinski definition) is 0. The fourth-order valence-corrected chi connectivity index (χ4v) is 2.97. The molecule has 0 radical (unpaired) electrons. The molecule has 0 aliphatic carbocycles. The van der Waals surface area contributed by atoms with Crippen LogP contribution in [-0.4, -0.2) is 36.3 Å². The van der Waals surface area contributed by atoms with E-state index in [-0.39, 0.29) is 0 Å². The number of nitrogens with zero attached hydrogens (tertiary/aromatic N) is 3. The van der Waals surface area contributed by atoms with Gasteiger partial charge in [0.1, 0.15) is 11.5 Å². The van der Waals surface area contributed by atoms with Gasteiger partial charge in [-0.25, -0.2) is 0 Å². The molecule has 2 aromatic carbocycles. The van der Waals surface area contributed by atoms with E-state index in [4.69, 9.17) is 37.2 Å². The highest BCUT2D eigenvalue weighted by molar-refractivity contribution is 6.42. The van der Waals surface area contributed by atoms with Crippen LogP contribution in [0, 0.1) is 0 Å². The van der Waals surface area contributed by atoms with Gasteiger partial charge in [0.2, 0.25) is 11.7 Å². The maximum absolute atomic E-state index is 6.07. The maximum Gasteiger partial charge on any atom is 0.241 e. The Bertz CT molecular complexity index is 930. The third kappa shape index (κ3) is 4.71. The van der Waals surface area contributed by atoms with Gasteiger partial charge in [-0.3, -0.25) is 4.90 Å². The summed E-state index contributed by atoms with van der Waals surface area (Å²) in [6.45, 7) is 1.16. The predicted octanol–water partition coefficient (Wildman–Crippen LogP) is 4.69. The van der Waals surface area contributed by atoms with Crippen molar-refractivity contribution >= 4 is 23.2 Å². The first kappa shape index (κ1) is 19.5. The minimum Gasteiger partial charge on any atom is -0.497 e. The van der Waals surface area contributed by atoms with Crippen LogP contribution < -0.4 is 9.47 Å². The highest BCUT2D eigenvalue weighted by Gasteiger charge is 2.15. The van der Waals surface area contributed by atoms with E-state index >= 15 is 0 Å². The highest BCUT2D eigenvalue weighted by atomic mass is 35.5. The molecule has 0 fully saturated rings. The van der Waals surface area contributed by atoms with E-state index in [0.717, 1.165) is 11.1 Å². The third-order valence-electron chi connectivity index (χ3n) is 3.96. The Labute approximate surface area is 167 Å². The lowest BCUT2D eigenvalue weighted by molar-refractivity contribution is 0.261. The largest absolute Gasteiger partial charge is 0.497 e. The fraction of sp³-hybridized carbons (Fsp3) is 0.263. The molecule has 1 aromatic heterocycles. The second kappa shape index (κ2) is 8.61. The Morgan fingerprint density at radius 2 is 1.81 bits per heavy atom. The minimum atomic E-state index is 0.465. The molecule has 0 aliphatic rings. The quantitative estimate of drug-likeness (QED) is 0.565. The molecule has 27 heavy (non-hydrogen) atoms. The average molecular weight is 408 g/mol. The number of rotatable bonds is 7. The number of methoxy groups -OCH3 is 2. The van der Waals surface area contributed by atoms with E-state index in [2.05, 4.69) is 10.1 Å². The SMILES string of the molecule is COc1ccc(-c2noc(CN(C)Cc3ccc(Cl)c(Cl)c3)n2)c(OC)c1. The van der Waals surface area contributed by atoms with Crippen molar-refractivity contribution < 1.29 is 14.0 Å². The summed E-state index contributed by atoms with van der Waals surface area (Å²) in [5.41, 5.74) is 1.78. The summed E-state index contributed by atoms with van der Waals surface area (Å²) in [4.78, 5) is 6.51. The molecule has 0 bridgehead atoms. The molecule has 0 spiro atoms. The third-order valence-corrected chi connectivity index (χ3v) is 4.70. The van der Waals surface area contributed by atoms with Crippen LogP contribution in [0.2, 0.25) is 10.0 Å². The molecule has 6 nitrogen and oxygen atoms in total. The van der Waals surface area contributed by atoms with Gasteiger partial charge in [-0.05, 0) is 36.9 Å². The van der Waals surface area contributed by atoms with Gasteiger partial charge in [0, 0.05) is 12.6 Å². The molecule has 0 atom stereocenters. The summed E-state index contributed by atoms with van der Waals surface area (Å²) < 4.78 is 16.0. The van der Waals surface area contributed by atoms with Gasteiger partial charge >= 0.3 is 0 Å². The van der Waals surface area contributed by atoms with Crippen molar-refractivity contribution in [1.82, 2.24) is 15.0 Å². The molecule has 0 N–H and O–H groups in total. The Kier molecular flexibility index (Phi) is 6.21. The summed E-state index contributed by atoms with van der Waals surface area (Å²) in [5.74, 6) is 2.28. The van der Waals surface area contributed by atoms with Crippen molar-refractivity contribution in [2.24, 2.45) is 0 Å². The number of ether oxygens (including phenoxy) is 2. The van der Waals surface area contributed by atoms with E-state index in [9.17, 15) is 0 Å². The minimum absolute atomic E-state index is 0.465. The van der Waals surface area contributed by atoms with Crippen molar-refractivity contribution in [3.8, 4) is 22.9 Å². The van der Waals surface area contributed by atoms with Gasteiger partial charge < -0.3 is 14.0 Å². The van der Waals surface area contributed by atoms with Crippen LogP contribution in [0.25, 0.3) is 11.4 Å². The summed E-state index contributed by atoms with van der Waals surface area (Å²) in [5, 5.41) is 5.14. The van der Waals surface area contributed by atoms with Crippen LogP contribution in [0.15, 0.2) is 40.9 Å². The number of aromatic nitrogens is 2. The van der Waals surface area contributed by atoms with Crippen molar-refractivity contribution in [3.63, 3.8) is 0 Å². The van der Waals surface area contributed by atoms with Crippen LogP contribution >= 0.6 is 23.2 Å². The van der Waals surface area contributed by atoms with Crippen LogP contribution in [0.1, 0.15) is 11.5 Å². The highest BCUT2D eigenvalue weighted by Crippen LogP contribution is 2.31. The van der Waals surface area contributed by atoms with Crippen LogP contribution in [-0.2, 0) is 13.1 Å². The van der Waals surface area contributed by atoms with Crippen LogP contribution in [0.3, 0.4) is 0 Å². The lowest BCUT2D eigenvalue weighted by atomic mass is 10.2. The molecule has 1 heterocycles. The van der Waals surface area contributed by atoms with Gasteiger partial charge in [-0.2, -0.15) is 4.98 Å². The number of hydrogen-bond acceptors (Lipinski definition) is 6. The molecule has 0 unspecified atom stereocenters. The normalized spacial score (nSPS) is 11.0. The van der Waals surface area contributed by atoms with Crippen molar-refractivity contribution in [3.05, 3.63) is 57.9 Å². The first-order chi connectivity index (χ1) is 13.0. The summed E-state index contributed by atoms with van der Waals surface area (Å²) in [7, 11) is 5.15. The van der Waals surface area contributed by atoms with Crippen molar-refractivity contribution in [2.75, 3.05) is 21.3 Å². The van der Waals surface area contributed by atoms with Gasteiger partial charge in [0.15, 0.2) is 0 Å². The monoisotopic (exact) mass is 407 g/mol. The molecule has 8 heteroatoms. The van der Waals surface area contributed by atoms with Crippen molar-refractivity contribution in [1.29, 1.82) is 0 Å². The molecule has 0 saturated carbocycles. The van der Waals surface area contributed by atoms with Gasteiger partial charge in [0.05, 0.1) is 36.4 Å². The van der Waals surface area contributed by atoms with E-state index in [0.29, 0.717) is 46.3 Å². The molecule has 0 aliphatic heterocycles. The van der Waals surface area contributed by atoms with Crippen LogP contribution in [0.4, 0.5) is 0 Å². The summed E-state index contributed by atoms with van der Waals surface area (Å²) in [6, 6.07) is 11.0. The molecular formula is C19H19Cl2N3O3. The Morgan fingerprint density at radius 3 is 2.52 bits per heavy atom. The van der Waals surface area contributed by atoms with E-state index in [1.54, 1.807) is 26.4 Å². The Hall–Kier alpha value is -2.28. The second-order valence-corrected chi connectivity index (χ2v) is 6.81. The number of benzene rings is 2. The lowest BCUT2D eigenvalue weighted by Gasteiger charge is -2.14. The molecule has 3 rings (SSSR count). The Balaban J connectivity index is 1.71. The molecule has 142 valence electrons. The lowest BCUT2D eigenvalue weighted by Crippen LogP contribution is -2.17. The van der Waals surface area contributed by atoms with Crippen LogP contribution in [0.5, 0.6) is 11.5 Å². The Morgan fingerprint density at radius 1 is 1.00 bits per heavy atom. The standard InChI is InChI=1S/C19H19Cl2N3O3/c1-24(10-12-4-7-15(20)16(21)8-12)11-18-22-19(23-27-18)14-6-5-13(25-2)9-17(14)26-3/h4-9H,10-11H2,1-3H3. The first-order valence-corrected chi connectivity index (χ1v) is 8.93. The first-order valence-electron chi connectivity index (χ1n) is 8.17. The van der Waals surface area contributed by atoms with Gasteiger partial charge in [-0.15, -0.1) is 0 Å². The molecule has 3 aromatic rings. The van der Waals surface area contributed by atoms with E-state index in [1.807, 2.05) is 36.2 Å². The predicted molar refractivity (Wildman–Crippen MR) is 104 cm³/mol. The van der Waals surface area contributed by atoms with E-state index in [1.165, 1.54) is 0 Å². The summed E-state index contributed by atoms with van der Waals surface area (Å²) in [6.07, 6.45) is 0. The zero-order valence-corrected chi connectivity index (χ0v) is 16.7.